The van der Waals surface area contributed by atoms with Crippen LogP contribution >= 0.6 is 0 Å². The molecule has 1 saturated heterocycles. The quantitative estimate of drug-likeness (QED) is 0.854. The molecule has 0 saturated carbocycles. The van der Waals surface area contributed by atoms with Gasteiger partial charge in [0, 0.05) is 31.5 Å². The van der Waals surface area contributed by atoms with Crippen molar-refractivity contribution in [3.8, 4) is 0 Å². The number of rotatable bonds is 6. The highest BCUT2D eigenvalue weighted by molar-refractivity contribution is 5.35. The van der Waals surface area contributed by atoms with Gasteiger partial charge in [-0.1, -0.05) is 24.3 Å². The fraction of sp³-hybridized carbons (Fsp3) is 0.412. The van der Waals surface area contributed by atoms with Crippen LogP contribution in [0.5, 0.6) is 0 Å². The Kier molecular flexibility index (Phi) is 4.98. The van der Waals surface area contributed by atoms with Gasteiger partial charge in [-0.3, -0.25) is 9.88 Å². The standard InChI is InChI=1S/C17H22N4O/c22-13-16-6-3-9-21(16)12-15-5-2-1-4-14(15)10-20-17-11-18-7-8-19-17/h1-2,4-5,7-8,11,16,22H,3,6,9-10,12-13H2,(H,19,20)/t16-/m1/s1. The van der Waals surface area contributed by atoms with E-state index in [9.17, 15) is 5.11 Å². The minimum absolute atomic E-state index is 0.250. The first-order valence-electron chi connectivity index (χ1n) is 7.78. The zero-order valence-corrected chi connectivity index (χ0v) is 12.7. The Bertz CT molecular complexity index is 590. The molecule has 1 aromatic carbocycles. The molecule has 1 atom stereocenters. The maximum absolute atomic E-state index is 9.47. The Morgan fingerprint density at radius 1 is 1.23 bits per heavy atom. The van der Waals surface area contributed by atoms with E-state index >= 15 is 0 Å². The van der Waals surface area contributed by atoms with Gasteiger partial charge in [-0.25, -0.2) is 4.98 Å². The molecule has 1 aliphatic heterocycles. The lowest BCUT2D eigenvalue weighted by Crippen LogP contribution is -2.32. The van der Waals surface area contributed by atoms with Crippen molar-refractivity contribution in [2.45, 2.75) is 32.0 Å². The van der Waals surface area contributed by atoms with E-state index in [1.54, 1.807) is 18.6 Å². The first-order chi connectivity index (χ1) is 10.9. The van der Waals surface area contributed by atoms with Gasteiger partial charge in [-0.2, -0.15) is 0 Å². The Hall–Kier alpha value is -1.98. The summed E-state index contributed by atoms with van der Waals surface area (Å²) >= 11 is 0. The van der Waals surface area contributed by atoms with Gasteiger partial charge in [-0.05, 0) is 30.5 Å². The Morgan fingerprint density at radius 2 is 2.09 bits per heavy atom. The van der Waals surface area contributed by atoms with Gasteiger partial charge in [0.1, 0.15) is 5.82 Å². The molecule has 116 valence electrons. The molecular weight excluding hydrogens is 276 g/mol. The maximum atomic E-state index is 9.47. The third-order valence-corrected chi connectivity index (χ3v) is 4.22. The van der Waals surface area contributed by atoms with E-state index in [1.807, 2.05) is 0 Å². The summed E-state index contributed by atoms with van der Waals surface area (Å²) in [7, 11) is 0. The fourth-order valence-electron chi connectivity index (χ4n) is 2.99. The summed E-state index contributed by atoms with van der Waals surface area (Å²) in [6, 6.07) is 8.75. The summed E-state index contributed by atoms with van der Waals surface area (Å²) in [5.41, 5.74) is 2.57. The van der Waals surface area contributed by atoms with Crippen molar-refractivity contribution in [3.05, 3.63) is 54.0 Å². The summed E-state index contributed by atoms with van der Waals surface area (Å²) in [5.74, 6) is 0.784. The maximum Gasteiger partial charge on any atom is 0.144 e. The van der Waals surface area contributed by atoms with Gasteiger partial charge >= 0.3 is 0 Å². The van der Waals surface area contributed by atoms with Crippen molar-refractivity contribution < 1.29 is 5.11 Å². The van der Waals surface area contributed by atoms with E-state index in [1.165, 1.54) is 17.5 Å². The van der Waals surface area contributed by atoms with Crippen LogP contribution in [0.4, 0.5) is 5.82 Å². The average Bonchev–Trinajstić information content (AvgIpc) is 3.02. The highest BCUT2D eigenvalue weighted by Gasteiger charge is 2.24. The molecule has 0 unspecified atom stereocenters. The number of aliphatic hydroxyl groups is 1. The largest absolute Gasteiger partial charge is 0.395 e. The number of nitrogens with one attached hydrogen (secondary N) is 1. The third-order valence-electron chi connectivity index (χ3n) is 4.22. The minimum Gasteiger partial charge on any atom is -0.395 e. The molecule has 1 aliphatic rings. The first-order valence-corrected chi connectivity index (χ1v) is 7.78. The van der Waals surface area contributed by atoms with Gasteiger partial charge < -0.3 is 10.4 Å². The predicted molar refractivity (Wildman–Crippen MR) is 86.3 cm³/mol. The van der Waals surface area contributed by atoms with Crippen molar-refractivity contribution in [1.82, 2.24) is 14.9 Å². The summed E-state index contributed by atoms with van der Waals surface area (Å²) < 4.78 is 0. The number of anilines is 1. The zero-order valence-electron chi connectivity index (χ0n) is 12.7. The molecule has 2 aromatic rings. The monoisotopic (exact) mass is 298 g/mol. The topological polar surface area (TPSA) is 61.3 Å². The van der Waals surface area contributed by atoms with E-state index in [0.717, 1.165) is 31.9 Å². The smallest absolute Gasteiger partial charge is 0.144 e. The molecule has 2 N–H and O–H groups in total. The molecule has 2 heterocycles. The lowest BCUT2D eigenvalue weighted by atomic mass is 10.1. The normalized spacial score (nSPS) is 18.5. The Balaban J connectivity index is 1.67. The zero-order chi connectivity index (χ0) is 15.2. The number of likely N-dealkylation sites (tertiary alicyclic amines) is 1. The molecule has 0 aliphatic carbocycles. The fourth-order valence-corrected chi connectivity index (χ4v) is 2.99. The highest BCUT2D eigenvalue weighted by Crippen LogP contribution is 2.21. The van der Waals surface area contributed by atoms with E-state index in [4.69, 9.17) is 0 Å². The Labute approximate surface area is 131 Å². The van der Waals surface area contributed by atoms with Crippen molar-refractivity contribution >= 4 is 5.82 Å². The van der Waals surface area contributed by atoms with E-state index in [0.29, 0.717) is 6.04 Å². The lowest BCUT2D eigenvalue weighted by Gasteiger charge is -2.24. The van der Waals surface area contributed by atoms with Crippen LogP contribution in [0.25, 0.3) is 0 Å². The second-order valence-corrected chi connectivity index (χ2v) is 5.66. The number of hydrogen-bond acceptors (Lipinski definition) is 5. The summed E-state index contributed by atoms with van der Waals surface area (Å²) in [6.07, 6.45) is 7.35. The van der Waals surface area contributed by atoms with Crippen LogP contribution in [-0.4, -0.2) is 39.2 Å². The van der Waals surface area contributed by atoms with Crippen LogP contribution in [0.1, 0.15) is 24.0 Å². The van der Waals surface area contributed by atoms with E-state index < -0.39 is 0 Å². The summed E-state index contributed by atoms with van der Waals surface area (Å²) in [6.45, 7) is 2.94. The van der Waals surface area contributed by atoms with Crippen LogP contribution in [0.2, 0.25) is 0 Å². The van der Waals surface area contributed by atoms with Crippen molar-refractivity contribution in [2.24, 2.45) is 0 Å². The van der Waals surface area contributed by atoms with Crippen LogP contribution in [-0.2, 0) is 13.1 Å². The highest BCUT2D eigenvalue weighted by atomic mass is 16.3. The molecular formula is C17H22N4O. The van der Waals surface area contributed by atoms with Gasteiger partial charge in [-0.15, -0.1) is 0 Å². The van der Waals surface area contributed by atoms with Crippen molar-refractivity contribution in [2.75, 3.05) is 18.5 Å². The summed E-state index contributed by atoms with van der Waals surface area (Å²) in [4.78, 5) is 10.7. The lowest BCUT2D eigenvalue weighted by molar-refractivity contribution is 0.153. The predicted octanol–water partition coefficient (Wildman–Crippen LogP) is 2.05. The molecule has 0 bridgehead atoms. The van der Waals surface area contributed by atoms with Crippen LogP contribution in [0.3, 0.4) is 0 Å². The molecule has 5 heteroatoms. The van der Waals surface area contributed by atoms with Gasteiger partial charge in [0.15, 0.2) is 0 Å². The first kappa shape index (κ1) is 14.9. The van der Waals surface area contributed by atoms with Gasteiger partial charge in [0.2, 0.25) is 0 Å². The second kappa shape index (κ2) is 7.33. The molecule has 0 radical (unpaired) electrons. The summed E-state index contributed by atoms with van der Waals surface area (Å²) in [5, 5.41) is 12.8. The third kappa shape index (κ3) is 3.61. The number of hydrogen-bond donors (Lipinski definition) is 2. The molecule has 0 amide bonds. The molecule has 1 fully saturated rings. The van der Waals surface area contributed by atoms with E-state index in [-0.39, 0.29) is 6.61 Å². The SMILES string of the molecule is OC[C@H]1CCCN1Cc1ccccc1CNc1cnccn1. The molecule has 22 heavy (non-hydrogen) atoms. The van der Waals surface area contributed by atoms with Gasteiger partial charge in [0.05, 0.1) is 12.8 Å². The Morgan fingerprint density at radius 3 is 2.86 bits per heavy atom. The van der Waals surface area contributed by atoms with Gasteiger partial charge in [0.25, 0.3) is 0 Å². The van der Waals surface area contributed by atoms with Crippen molar-refractivity contribution in [1.29, 1.82) is 0 Å². The van der Waals surface area contributed by atoms with Crippen molar-refractivity contribution in [3.63, 3.8) is 0 Å². The number of aliphatic hydroxyl groups excluding tert-OH is 1. The number of nitrogens with zero attached hydrogens (tertiary/aromatic N) is 3. The molecule has 0 spiro atoms. The molecule has 3 rings (SSSR count). The van der Waals surface area contributed by atoms with Crippen LogP contribution in [0, 0.1) is 0 Å². The number of aromatic nitrogens is 2. The van der Waals surface area contributed by atoms with Crippen LogP contribution < -0.4 is 5.32 Å². The number of benzene rings is 1. The molecule has 1 aromatic heterocycles. The average molecular weight is 298 g/mol. The second-order valence-electron chi connectivity index (χ2n) is 5.66. The molecule has 5 nitrogen and oxygen atoms in total. The van der Waals surface area contributed by atoms with Crippen LogP contribution in [0.15, 0.2) is 42.9 Å². The minimum atomic E-state index is 0.250. The van der Waals surface area contributed by atoms with E-state index in [2.05, 4.69) is 44.5 Å².